The number of carbonyl (C=O) groups excluding carboxylic acids is 1. The van der Waals surface area contributed by atoms with Crippen molar-refractivity contribution in [2.45, 2.75) is 47.1 Å². The summed E-state index contributed by atoms with van der Waals surface area (Å²) in [7, 11) is 0. The molecule has 0 aliphatic rings. The van der Waals surface area contributed by atoms with Crippen LogP contribution in [0.4, 0.5) is 5.95 Å². The quantitative estimate of drug-likeness (QED) is 0.818. The summed E-state index contributed by atoms with van der Waals surface area (Å²) < 4.78 is 5.91. The topological polar surface area (TPSA) is 81.3 Å². The molecule has 0 fully saturated rings. The Hall–Kier alpha value is -2.63. The molecular weight excluding hydrogens is 328 g/mol. The molecule has 0 spiro atoms. The smallest absolute Gasteiger partial charge is 0.257 e. The lowest BCUT2D eigenvalue weighted by molar-refractivity contribution is 0.0772. The van der Waals surface area contributed by atoms with Crippen molar-refractivity contribution in [3.05, 3.63) is 35.5 Å². The summed E-state index contributed by atoms with van der Waals surface area (Å²) in [6.45, 7) is 11.0. The Labute approximate surface area is 155 Å². The van der Waals surface area contributed by atoms with E-state index in [9.17, 15) is 4.79 Å². The third kappa shape index (κ3) is 4.31. The van der Waals surface area contributed by atoms with E-state index < -0.39 is 0 Å². The molecule has 1 aromatic heterocycles. The molecule has 2 rings (SSSR count). The number of ether oxygens (including phenoxy) is 1. The third-order valence-corrected chi connectivity index (χ3v) is 4.39. The van der Waals surface area contributed by atoms with Gasteiger partial charge in [-0.3, -0.25) is 4.79 Å². The minimum atomic E-state index is -0.0873. The number of anilines is 1. The molecule has 26 heavy (non-hydrogen) atoms. The number of nitrogens with zero attached hydrogens (tertiary/aromatic N) is 3. The SMILES string of the molecule is CCC(C)Oc1cccc(-c2nc(N)nc(C)c2C(=O)N(CC)CC)c1. The normalized spacial score (nSPS) is 11.9. The van der Waals surface area contributed by atoms with Crippen LogP contribution in [0.2, 0.25) is 0 Å². The molecule has 0 saturated carbocycles. The Bertz CT molecular complexity index is 772. The molecule has 140 valence electrons. The van der Waals surface area contributed by atoms with Gasteiger partial charge in [-0.15, -0.1) is 0 Å². The molecule has 6 nitrogen and oxygen atoms in total. The van der Waals surface area contributed by atoms with Crippen LogP contribution in [-0.4, -0.2) is 40.0 Å². The summed E-state index contributed by atoms with van der Waals surface area (Å²) in [5.41, 5.74) is 8.27. The third-order valence-electron chi connectivity index (χ3n) is 4.39. The van der Waals surface area contributed by atoms with Gasteiger partial charge in [0, 0.05) is 18.7 Å². The summed E-state index contributed by atoms with van der Waals surface area (Å²) >= 11 is 0. The van der Waals surface area contributed by atoms with Gasteiger partial charge in [-0.1, -0.05) is 19.1 Å². The summed E-state index contributed by atoms with van der Waals surface area (Å²) in [4.78, 5) is 23.4. The van der Waals surface area contributed by atoms with E-state index in [-0.39, 0.29) is 18.0 Å². The van der Waals surface area contributed by atoms with Crippen LogP contribution >= 0.6 is 0 Å². The van der Waals surface area contributed by atoms with Crippen LogP contribution in [0.3, 0.4) is 0 Å². The Morgan fingerprint density at radius 3 is 2.54 bits per heavy atom. The Morgan fingerprint density at radius 1 is 1.23 bits per heavy atom. The van der Waals surface area contributed by atoms with Crippen LogP contribution in [0.15, 0.2) is 24.3 Å². The second-order valence-electron chi connectivity index (χ2n) is 6.23. The monoisotopic (exact) mass is 356 g/mol. The van der Waals surface area contributed by atoms with Crippen LogP contribution < -0.4 is 10.5 Å². The summed E-state index contributed by atoms with van der Waals surface area (Å²) in [6, 6.07) is 7.60. The fourth-order valence-corrected chi connectivity index (χ4v) is 2.76. The molecule has 1 heterocycles. The van der Waals surface area contributed by atoms with Gasteiger partial charge in [0.1, 0.15) is 5.75 Å². The molecular formula is C20H28N4O2. The van der Waals surface area contributed by atoms with Crippen molar-refractivity contribution >= 4 is 11.9 Å². The average molecular weight is 356 g/mol. The largest absolute Gasteiger partial charge is 0.491 e. The second kappa shape index (κ2) is 8.65. The predicted molar refractivity (Wildman–Crippen MR) is 104 cm³/mol. The van der Waals surface area contributed by atoms with Crippen molar-refractivity contribution in [2.75, 3.05) is 18.8 Å². The van der Waals surface area contributed by atoms with E-state index in [1.807, 2.05) is 45.0 Å². The van der Waals surface area contributed by atoms with Crippen LogP contribution in [0.5, 0.6) is 5.75 Å². The Morgan fingerprint density at radius 2 is 1.92 bits per heavy atom. The van der Waals surface area contributed by atoms with Crippen molar-refractivity contribution in [3.8, 4) is 17.0 Å². The van der Waals surface area contributed by atoms with Crippen molar-refractivity contribution in [2.24, 2.45) is 0 Å². The highest BCUT2D eigenvalue weighted by molar-refractivity contribution is 6.01. The van der Waals surface area contributed by atoms with Crippen LogP contribution in [-0.2, 0) is 0 Å². The molecule has 1 aromatic carbocycles. The predicted octanol–water partition coefficient (Wildman–Crippen LogP) is 3.69. The molecule has 2 N–H and O–H groups in total. The van der Waals surface area contributed by atoms with E-state index in [4.69, 9.17) is 10.5 Å². The summed E-state index contributed by atoms with van der Waals surface area (Å²) in [6.07, 6.45) is 1.02. The minimum absolute atomic E-state index is 0.0873. The van der Waals surface area contributed by atoms with Gasteiger partial charge < -0.3 is 15.4 Å². The summed E-state index contributed by atoms with van der Waals surface area (Å²) in [5, 5.41) is 0. The van der Waals surface area contributed by atoms with Gasteiger partial charge in [-0.2, -0.15) is 0 Å². The maximum absolute atomic E-state index is 13.0. The molecule has 0 saturated heterocycles. The molecule has 6 heteroatoms. The van der Waals surface area contributed by atoms with Gasteiger partial charge in [-0.05, 0) is 46.2 Å². The number of amides is 1. The van der Waals surface area contributed by atoms with Gasteiger partial charge in [0.25, 0.3) is 5.91 Å². The van der Waals surface area contributed by atoms with Crippen molar-refractivity contribution < 1.29 is 9.53 Å². The summed E-state index contributed by atoms with van der Waals surface area (Å²) in [5.74, 6) is 0.811. The highest BCUT2D eigenvalue weighted by atomic mass is 16.5. The fraction of sp³-hybridized carbons (Fsp3) is 0.450. The van der Waals surface area contributed by atoms with E-state index in [0.717, 1.165) is 17.7 Å². The lowest BCUT2D eigenvalue weighted by atomic mass is 10.0. The lowest BCUT2D eigenvalue weighted by Crippen LogP contribution is -2.32. The number of aromatic nitrogens is 2. The number of carbonyl (C=O) groups is 1. The molecule has 2 aromatic rings. The molecule has 1 atom stereocenters. The highest BCUT2D eigenvalue weighted by Crippen LogP contribution is 2.29. The molecule has 1 amide bonds. The molecule has 0 aliphatic carbocycles. The average Bonchev–Trinajstić information content (AvgIpc) is 2.62. The van der Waals surface area contributed by atoms with Crippen molar-refractivity contribution in [3.63, 3.8) is 0 Å². The number of benzene rings is 1. The zero-order valence-electron chi connectivity index (χ0n) is 16.2. The lowest BCUT2D eigenvalue weighted by Gasteiger charge is -2.21. The van der Waals surface area contributed by atoms with Crippen molar-refractivity contribution in [1.29, 1.82) is 0 Å². The first kappa shape index (κ1) is 19.7. The van der Waals surface area contributed by atoms with Gasteiger partial charge in [0.2, 0.25) is 5.95 Å². The van der Waals surface area contributed by atoms with E-state index in [2.05, 4.69) is 16.9 Å². The number of hydrogen-bond acceptors (Lipinski definition) is 5. The van der Waals surface area contributed by atoms with Gasteiger partial charge >= 0.3 is 0 Å². The maximum Gasteiger partial charge on any atom is 0.257 e. The second-order valence-corrected chi connectivity index (χ2v) is 6.23. The Balaban J connectivity index is 2.55. The first-order chi connectivity index (χ1) is 12.4. The van der Waals surface area contributed by atoms with Gasteiger partial charge in [0.15, 0.2) is 0 Å². The molecule has 1 unspecified atom stereocenters. The molecule has 0 aliphatic heterocycles. The maximum atomic E-state index is 13.0. The number of rotatable bonds is 7. The highest BCUT2D eigenvalue weighted by Gasteiger charge is 2.23. The van der Waals surface area contributed by atoms with Gasteiger partial charge in [-0.25, -0.2) is 9.97 Å². The number of nitrogens with two attached hydrogens (primary N) is 1. The van der Waals surface area contributed by atoms with E-state index >= 15 is 0 Å². The van der Waals surface area contributed by atoms with Crippen LogP contribution in [0.25, 0.3) is 11.3 Å². The Kier molecular flexibility index (Phi) is 6.55. The number of hydrogen-bond donors (Lipinski definition) is 1. The molecule has 0 radical (unpaired) electrons. The van der Waals surface area contributed by atoms with Crippen LogP contribution in [0.1, 0.15) is 50.2 Å². The standard InChI is InChI=1S/C20H28N4O2/c1-6-13(4)26-16-11-9-10-15(12-16)18-17(14(5)22-20(21)23-18)19(25)24(7-2)8-3/h9-13H,6-8H2,1-5H3,(H2,21,22,23). The zero-order valence-corrected chi connectivity index (χ0v) is 16.2. The number of aryl methyl sites for hydroxylation is 1. The fourth-order valence-electron chi connectivity index (χ4n) is 2.76. The van der Waals surface area contributed by atoms with E-state index in [1.165, 1.54) is 0 Å². The first-order valence-corrected chi connectivity index (χ1v) is 9.11. The van der Waals surface area contributed by atoms with E-state index in [0.29, 0.717) is 30.0 Å². The van der Waals surface area contributed by atoms with Crippen molar-refractivity contribution in [1.82, 2.24) is 14.9 Å². The van der Waals surface area contributed by atoms with Gasteiger partial charge in [0.05, 0.1) is 23.1 Å². The number of nitrogen functional groups attached to an aromatic ring is 1. The first-order valence-electron chi connectivity index (χ1n) is 9.11. The van der Waals surface area contributed by atoms with Crippen LogP contribution in [0, 0.1) is 6.92 Å². The minimum Gasteiger partial charge on any atom is -0.491 e. The van der Waals surface area contributed by atoms with E-state index in [1.54, 1.807) is 11.8 Å². The zero-order chi connectivity index (χ0) is 19.3. The molecule has 0 bridgehead atoms.